The molecule has 1 rings (SSSR count). The molecule has 0 amide bonds. The van der Waals surface area contributed by atoms with Gasteiger partial charge in [-0.25, -0.2) is 0 Å². The van der Waals surface area contributed by atoms with E-state index in [2.05, 4.69) is 18.7 Å². The summed E-state index contributed by atoms with van der Waals surface area (Å²) in [5.74, 6) is 1.75. The summed E-state index contributed by atoms with van der Waals surface area (Å²) in [5, 5.41) is 0. The van der Waals surface area contributed by atoms with E-state index >= 15 is 0 Å². The molecule has 2 atom stereocenters. The zero-order valence-electron chi connectivity index (χ0n) is 9.84. The summed E-state index contributed by atoms with van der Waals surface area (Å²) in [6.45, 7) is 9.48. The normalized spacial score (nSPS) is 25.5. The van der Waals surface area contributed by atoms with Crippen molar-refractivity contribution in [1.29, 1.82) is 0 Å². The Bertz CT molecular complexity index is 147. The molecule has 1 heterocycles. The van der Waals surface area contributed by atoms with Crippen LogP contribution < -0.4 is 5.73 Å². The van der Waals surface area contributed by atoms with Crippen molar-refractivity contribution in [1.82, 2.24) is 4.90 Å². The summed E-state index contributed by atoms with van der Waals surface area (Å²) in [7, 11) is 0. The highest BCUT2D eigenvalue weighted by Crippen LogP contribution is 2.16. The van der Waals surface area contributed by atoms with Crippen LogP contribution in [-0.2, 0) is 0 Å². The molecule has 0 aromatic rings. The molecule has 0 spiro atoms. The van der Waals surface area contributed by atoms with Gasteiger partial charge in [-0.3, -0.25) is 0 Å². The van der Waals surface area contributed by atoms with Gasteiger partial charge in [-0.1, -0.05) is 13.8 Å². The fourth-order valence-corrected chi connectivity index (χ4v) is 2.32. The molecule has 0 saturated carbocycles. The second-order valence-corrected chi connectivity index (χ2v) is 5.02. The number of hydrogen-bond donors (Lipinski definition) is 1. The summed E-state index contributed by atoms with van der Waals surface area (Å²) < 4.78 is 0. The highest BCUT2D eigenvalue weighted by Gasteiger charge is 2.17. The van der Waals surface area contributed by atoms with Crippen LogP contribution in [0.15, 0.2) is 0 Å². The molecule has 2 unspecified atom stereocenters. The second kappa shape index (κ2) is 6.41. The van der Waals surface area contributed by atoms with Crippen LogP contribution in [0.4, 0.5) is 0 Å². The molecular weight excluding hydrogens is 172 g/mol. The van der Waals surface area contributed by atoms with Crippen LogP contribution in [0, 0.1) is 11.8 Å². The van der Waals surface area contributed by atoms with Crippen molar-refractivity contribution in [3.05, 3.63) is 0 Å². The molecule has 2 nitrogen and oxygen atoms in total. The third-order valence-electron chi connectivity index (χ3n) is 3.34. The number of nitrogens with zero attached hydrogens (tertiary/aromatic N) is 1. The SMILES string of the molecule is CC(CCN)CCCN1CCC(C)C1. The maximum atomic E-state index is 5.53. The first-order valence-electron chi connectivity index (χ1n) is 6.14. The molecule has 0 aromatic carbocycles. The lowest BCUT2D eigenvalue weighted by molar-refractivity contribution is 0.307. The molecule has 14 heavy (non-hydrogen) atoms. The van der Waals surface area contributed by atoms with Gasteiger partial charge in [0.05, 0.1) is 0 Å². The van der Waals surface area contributed by atoms with Crippen molar-refractivity contribution in [3.8, 4) is 0 Å². The van der Waals surface area contributed by atoms with E-state index in [0.29, 0.717) is 0 Å². The van der Waals surface area contributed by atoms with Gasteiger partial charge in [0.1, 0.15) is 0 Å². The zero-order valence-corrected chi connectivity index (χ0v) is 9.84. The van der Waals surface area contributed by atoms with Gasteiger partial charge >= 0.3 is 0 Å². The van der Waals surface area contributed by atoms with Gasteiger partial charge in [0.25, 0.3) is 0 Å². The summed E-state index contributed by atoms with van der Waals surface area (Å²) in [5.41, 5.74) is 5.53. The molecular formula is C12H26N2. The zero-order chi connectivity index (χ0) is 10.4. The minimum Gasteiger partial charge on any atom is -0.330 e. The fraction of sp³-hybridized carbons (Fsp3) is 1.00. The topological polar surface area (TPSA) is 29.3 Å². The highest BCUT2D eigenvalue weighted by molar-refractivity contribution is 4.72. The first-order chi connectivity index (χ1) is 6.72. The maximum absolute atomic E-state index is 5.53. The first kappa shape index (κ1) is 12.0. The number of rotatable bonds is 6. The Kier molecular flexibility index (Phi) is 5.49. The van der Waals surface area contributed by atoms with Crippen LogP contribution >= 0.6 is 0 Å². The van der Waals surface area contributed by atoms with Crippen LogP contribution in [-0.4, -0.2) is 31.1 Å². The fourth-order valence-electron chi connectivity index (χ4n) is 2.32. The predicted molar refractivity (Wildman–Crippen MR) is 62.3 cm³/mol. The number of hydrogen-bond acceptors (Lipinski definition) is 2. The van der Waals surface area contributed by atoms with Gasteiger partial charge in [-0.15, -0.1) is 0 Å². The third kappa shape index (κ3) is 4.43. The third-order valence-corrected chi connectivity index (χ3v) is 3.34. The largest absolute Gasteiger partial charge is 0.330 e. The highest BCUT2D eigenvalue weighted by atomic mass is 15.1. The van der Waals surface area contributed by atoms with Gasteiger partial charge in [0.2, 0.25) is 0 Å². The van der Waals surface area contributed by atoms with Crippen LogP contribution in [0.2, 0.25) is 0 Å². The molecule has 0 aliphatic carbocycles. The van der Waals surface area contributed by atoms with Gasteiger partial charge in [-0.05, 0) is 57.2 Å². The van der Waals surface area contributed by atoms with Crippen molar-refractivity contribution in [2.45, 2.75) is 39.5 Å². The average Bonchev–Trinajstić information content (AvgIpc) is 2.52. The summed E-state index contributed by atoms with van der Waals surface area (Å²) in [4.78, 5) is 2.61. The van der Waals surface area contributed by atoms with Crippen LogP contribution in [0.25, 0.3) is 0 Å². The summed E-state index contributed by atoms with van der Waals surface area (Å²) in [6, 6.07) is 0. The van der Waals surface area contributed by atoms with E-state index in [-0.39, 0.29) is 0 Å². The van der Waals surface area contributed by atoms with E-state index in [1.807, 2.05) is 0 Å². The van der Waals surface area contributed by atoms with Crippen LogP contribution in [0.5, 0.6) is 0 Å². The Morgan fingerprint density at radius 2 is 2.21 bits per heavy atom. The Balaban J connectivity index is 1.98. The number of nitrogens with two attached hydrogens (primary N) is 1. The molecule has 1 aliphatic heterocycles. The first-order valence-corrected chi connectivity index (χ1v) is 6.14. The molecule has 0 aromatic heterocycles. The van der Waals surface area contributed by atoms with E-state index in [4.69, 9.17) is 5.73 Å². The van der Waals surface area contributed by atoms with E-state index in [9.17, 15) is 0 Å². The molecule has 1 fully saturated rings. The number of likely N-dealkylation sites (tertiary alicyclic amines) is 1. The molecule has 1 saturated heterocycles. The van der Waals surface area contributed by atoms with Crippen LogP contribution in [0.3, 0.4) is 0 Å². The molecule has 2 N–H and O–H groups in total. The monoisotopic (exact) mass is 198 g/mol. The van der Waals surface area contributed by atoms with Crippen molar-refractivity contribution >= 4 is 0 Å². The Morgan fingerprint density at radius 3 is 2.79 bits per heavy atom. The van der Waals surface area contributed by atoms with Crippen molar-refractivity contribution < 1.29 is 0 Å². The predicted octanol–water partition coefficient (Wildman–Crippen LogP) is 2.09. The van der Waals surface area contributed by atoms with E-state index in [1.54, 1.807) is 0 Å². The molecule has 0 bridgehead atoms. The van der Waals surface area contributed by atoms with Gasteiger partial charge in [0, 0.05) is 6.54 Å². The minimum absolute atomic E-state index is 0.819. The minimum atomic E-state index is 0.819. The Hall–Kier alpha value is -0.0800. The van der Waals surface area contributed by atoms with Crippen molar-refractivity contribution in [2.24, 2.45) is 17.6 Å². The van der Waals surface area contributed by atoms with E-state index in [0.717, 1.165) is 18.4 Å². The summed E-state index contributed by atoms with van der Waals surface area (Å²) in [6.07, 6.45) is 5.30. The molecule has 1 aliphatic rings. The van der Waals surface area contributed by atoms with Crippen molar-refractivity contribution in [2.75, 3.05) is 26.2 Å². The van der Waals surface area contributed by atoms with Gasteiger partial charge < -0.3 is 10.6 Å². The Labute approximate surface area is 88.8 Å². The quantitative estimate of drug-likeness (QED) is 0.708. The molecule has 84 valence electrons. The van der Waals surface area contributed by atoms with Gasteiger partial charge in [0.15, 0.2) is 0 Å². The maximum Gasteiger partial charge on any atom is 0.000750 e. The average molecular weight is 198 g/mol. The second-order valence-electron chi connectivity index (χ2n) is 5.02. The van der Waals surface area contributed by atoms with E-state index in [1.165, 1.54) is 45.3 Å². The van der Waals surface area contributed by atoms with Gasteiger partial charge in [-0.2, -0.15) is 0 Å². The van der Waals surface area contributed by atoms with Crippen molar-refractivity contribution in [3.63, 3.8) is 0 Å². The molecule has 0 radical (unpaired) electrons. The summed E-state index contributed by atoms with van der Waals surface area (Å²) >= 11 is 0. The lowest BCUT2D eigenvalue weighted by Crippen LogP contribution is -2.22. The Morgan fingerprint density at radius 1 is 1.43 bits per heavy atom. The molecule has 2 heteroatoms. The van der Waals surface area contributed by atoms with E-state index < -0.39 is 0 Å². The lowest BCUT2D eigenvalue weighted by Gasteiger charge is -2.16. The lowest BCUT2D eigenvalue weighted by atomic mass is 10.0. The standard InChI is InChI=1S/C12H26N2/c1-11(5-7-13)4-3-8-14-9-6-12(2)10-14/h11-12H,3-10,13H2,1-2H3. The van der Waals surface area contributed by atoms with Crippen LogP contribution in [0.1, 0.15) is 39.5 Å². The smallest absolute Gasteiger partial charge is 0.000750 e.